The molecule has 1 aliphatic heterocycles. The van der Waals surface area contributed by atoms with Crippen molar-refractivity contribution in [1.82, 2.24) is 4.98 Å². The first-order valence-corrected chi connectivity index (χ1v) is 9.90. The number of ether oxygens (including phenoxy) is 1. The zero-order valence-corrected chi connectivity index (χ0v) is 16.2. The summed E-state index contributed by atoms with van der Waals surface area (Å²) in [5.41, 5.74) is 3.68. The van der Waals surface area contributed by atoms with Gasteiger partial charge in [0.1, 0.15) is 5.82 Å². The van der Waals surface area contributed by atoms with E-state index in [1.807, 2.05) is 13.0 Å². The highest BCUT2D eigenvalue weighted by molar-refractivity contribution is 7.22. The fraction of sp³-hybridized carbons (Fsp3) is 0.333. The summed E-state index contributed by atoms with van der Waals surface area (Å²) in [5.74, 6) is -0.540. The van der Waals surface area contributed by atoms with E-state index in [1.165, 1.54) is 41.2 Å². The third-order valence-electron chi connectivity index (χ3n) is 5.05. The molecule has 140 valence electrons. The van der Waals surface area contributed by atoms with Gasteiger partial charge >= 0.3 is 0 Å². The van der Waals surface area contributed by atoms with Gasteiger partial charge in [0.05, 0.1) is 22.9 Å². The minimum atomic E-state index is -0.358. The summed E-state index contributed by atoms with van der Waals surface area (Å²) in [6.45, 7) is 5.28. The van der Waals surface area contributed by atoms with Crippen LogP contribution < -0.4 is 4.90 Å². The first-order chi connectivity index (χ1) is 13.0. The smallest absolute Gasteiger partial charge is 0.260 e. The van der Waals surface area contributed by atoms with Crippen LogP contribution in [0.15, 0.2) is 36.4 Å². The van der Waals surface area contributed by atoms with Crippen molar-refractivity contribution in [3.8, 4) is 0 Å². The van der Waals surface area contributed by atoms with Gasteiger partial charge in [0.15, 0.2) is 5.13 Å². The number of carbonyl (C=O) groups excluding carboxylic acids is 1. The van der Waals surface area contributed by atoms with Gasteiger partial charge in [-0.25, -0.2) is 9.37 Å². The zero-order chi connectivity index (χ0) is 19.0. The molecule has 1 amide bonds. The van der Waals surface area contributed by atoms with Crippen molar-refractivity contribution in [1.29, 1.82) is 0 Å². The van der Waals surface area contributed by atoms with Crippen LogP contribution in [-0.2, 0) is 4.74 Å². The lowest BCUT2D eigenvalue weighted by Crippen LogP contribution is -2.37. The topological polar surface area (TPSA) is 42.4 Å². The predicted octanol–water partition coefficient (Wildman–Crippen LogP) is 4.88. The first kappa shape index (κ1) is 18.1. The lowest BCUT2D eigenvalue weighted by atomic mass is 10.1. The lowest BCUT2D eigenvalue weighted by molar-refractivity contribution is 0.0917. The molecule has 27 heavy (non-hydrogen) atoms. The number of fused-ring (bicyclic) bond motifs is 1. The molecule has 1 unspecified atom stereocenters. The van der Waals surface area contributed by atoms with Crippen molar-refractivity contribution < 1.29 is 13.9 Å². The Morgan fingerprint density at radius 1 is 1.26 bits per heavy atom. The Labute approximate surface area is 161 Å². The first-order valence-electron chi connectivity index (χ1n) is 9.08. The van der Waals surface area contributed by atoms with Gasteiger partial charge in [-0.15, -0.1) is 0 Å². The Balaban J connectivity index is 1.74. The molecule has 2 aromatic carbocycles. The van der Waals surface area contributed by atoms with Crippen LogP contribution in [0.4, 0.5) is 9.52 Å². The van der Waals surface area contributed by atoms with Crippen molar-refractivity contribution >= 4 is 32.6 Å². The molecular weight excluding hydrogens is 363 g/mol. The average Bonchev–Trinajstić information content (AvgIpc) is 3.33. The normalized spacial score (nSPS) is 16.8. The molecule has 6 heteroatoms. The molecule has 0 spiro atoms. The van der Waals surface area contributed by atoms with Crippen molar-refractivity contribution in [3.63, 3.8) is 0 Å². The molecule has 1 saturated heterocycles. The molecule has 0 radical (unpaired) electrons. The number of aromatic nitrogens is 1. The summed E-state index contributed by atoms with van der Waals surface area (Å²) >= 11 is 1.50. The van der Waals surface area contributed by atoms with E-state index in [9.17, 15) is 9.18 Å². The van der Waals surface area contributed by atoms with Crippen LogP contribution >= 0.6 is 11.3 Å². The van der Waals surface area contributed by atoms with Crippen LogP contribution in [-0.4, -0.2) is 30.1 Å². The SMILES string of the molecule is Cc1ccc2sc(N(CC3CCCO3)C(=O)c3ccc(F)cc3)nc2c1C. The van der Waals surface area contributed by atoms with Crippen LogP contribution in [0, 0.1) is 19.7 Å². The van der Waals surface area contributed by atoms with E-state index in [1.54, 1.807) is 4.90 Å². The fourth-order valence-electron chi connectivity index (χ4n) is 3.32. The second kappa shape index (κ2) is 7.37. The molecule has 0 N–H and O–H groups in total. The molecule has 0 aliphatic carbocycles. The third-order valence-corrected chi connectivity index (χ3v) is 6.09. The molecular formula is C21H21FN2O2S. The second-order valence-corrected chi connectivity index (χ2v) is 7.92. The summed E-state index contributed by atoms with van der Waals surface area (Å²) < 4.78 is 20.1. The molecule has 3 aromatic rings. The number of benzene rings is 2. The van der Waals surface area contributed by atoms with Crippen LogP contribution in [0.5, 0.6) is 0 Å². The number of rotatable bonds is 4. The number of aryl methyl sites for hydroxylation is 2. The Morgan fingerprint density at radius 3 is 2.74 bits per heavy atom. The van der Waals surface area contributed by atoms with Crippen molar-refractivity contribution in [2.45, 2.75) is 32.8 Å². The Bertz CT molecular complexity index is 978. The Kier molecular flexibility index (Phi) is 4.93. The summed E-state index contributed by atoms with van der Waals surface area (Å²) in [4.78, 5) is 19.6. The van der Waals surface area contributed by atoms with Crippen LogP contribution in [0.25, 0.3) is 10.2 Å². The quantitative estimate of drug-likeness (QED) is 0.644. The van der Waals surface area contributed by atoms with Crippen molar-refractivity contribution in [2.24, 2.45) is 0 Å². The largest absolute Gasteiger partial charge is 0.376 e. The number of amides is 1. The highest BCUT2D eigenvalue weighted by atomic mass is 32.1. The average molecular weight is 384 g/mol. The number of hydrogen-bond donors (Lipinski definition) is 0. The maximum Gasteiger partial charge on any atom is 0.260 e. The lowest BCUT2D eigenvalue weighted by Gasteiger charge is -2.23. The minimum Gasteiger partial charge on any atom is -0.376 e. The van der Waals surface area contributed by atoms with E-state index < -0.39 is 0 Å². The van der Waals surface area contributed by atoms with E-state index in [0.29, 0.717) is 17.2 Å². The number of carbonyl (C=O) groups is 1. The molecule has 0 bridgehead atoms. The van der Waals surface area contributed by atoms with Gasteiger partial charge in [0.25, 0.3) is 5.91 Å². The minimum absolute atomic E-state index is 0.00393. The van der Waals surface area contributed by atoms with Gasteiger partial charge in [0, 0.05) is 12.2 Å². The molecule has 1 atom stereocenters. The van der Waals surface area contributed by atoms with Crippen LogP contribution in [0.1, 0.15) is 34.3 Å². The van der Waals surface area contributed by atoms with Gasteiger partial charge in [-0.05, 0) is 68.1 Å². The summed E-state index contributed by atoms with van der Waals surface area (Å²) in [5, 5.41) is 0.656. The molecule has 1 fully saturated rings. The second-order valence-electron chi connectivity index (χ2n) is 6.91. The van der Waals surface area contributed by atoms with E-state index in [-0.39, 0.29) is 17.8 Å². The van der Waals surface area contributed by atoms with Crippen molar-refractivity contribution in [2.75, 3.05) is 18.1 Å². The van der Waals surface area contributed by atoms with Gasteiger partial charge in [0.2, 0.25) is 0 Å². The standard InChI is InChI=1S/C21H21FN2O2S/c1-13-5-10-18-19(14(13)2)23-21(27-18)24(12-17-4-3-11-26-17)20(25)15-6-8-16(22)9-7-15/h5-10,17H,3-4,11-12H2,1-2H3. The van der Waals surface area contributed by atoms with Crippen LogP contribution in [0.2, 0.25) is 0 Å². The van der Waals surface area contributed by atoms with E-state index in [2.05, 4.69) is 13.0 Å². The number of thiazole rings is 1. The molecule has 0 saturated carbocycles. The van der Waals surface area contributed by atoms with Gasteiger partial charge in [-0.1, -0.05) is 17.4 Å². The third kappa shape index (κ3) is 3.59. The summed E-state index contributed by atoms with van der Waals surface area (Å²) in [6, 6.07) is 9.77. The van der Waals surface area contributed by atoms with E-state index in [0.717, 1.165) is 35.2 Å². The highest BCUT2D eigenvalue weighted by Gasteiger charge is 2.27. The molecule has 1 aliphatic rings. The van der Waals surface area contributed by atoms with Gasteiger partial charge in [-0.2, -0.15) is 0 Å². The molecule has 4 rings (SSSR count). The molecule has 1 aromatic heterocycles. The number of anilines is 1. The zero-order valence-electron chi connectivity index (χ0n) is 15.4. The van der Waals surface area contributed by atoms with Gasteiger partial charge in [-0.3, -0.25) is 9.69 Å². The Hall–Kier alpha value is -2.31. The Morgan fingerprint density at radius 2 is 2.04 bits per heavy atom. The van der Waals surface area contributed by atoms with Gasteiger partial charge < -0.3 is 4.74 Å². The maximum atomic E-state index is 13.3. The maximum absolute atomic E-state index is 13.3. The molecule has 4 nitrogen and oxygen atoms in total. The van der Waals surface area contributed by atoms with Crippen molar-refractivity contribution in [3.05, 3.63) is 58.9 Å². The van der Waals surface area contributed by atoms with E-state index in [4.69, 9.17) is 9.72 Å². The molecule has 2 heterocycles. The summed E-state index contributed by atoms with van der Waals surface area (Å²) in [6.07, 6.45) is 1.93. The number of nitrogens with zero attached hydrogens (tertiary/aromatic N) is 2. The highest BCUT2D eigenvalue weighted by Crippen LogP contribution is 2.33. The number of halogens is 1. The summed E-state index contributed by atoms with van der Waals surface area (Å²) in [7, 11) is 0. The van der Waals surface area contributed by atoms with E-state index >= 15 is 0 Å². The van der Waals surface area contributed by atoms with Crippen LogP contribution in [0.3, 0.4) is 0 Å². The number of hydrogen-bond acceptors (Lipinski definition) is 4. The monoisotopic (exact) mass is 384 g/mol. The fourth-order valence-corrected chi connectivity index (χ4v) is 4.35. The predicted molar refractivity (Wildman–Crippen MR) is 106 cm³/mol.